The number of hydrogen-bond donors (Lipinski definition) is 1. The lowest BCUT2D eigenvalue weighted by atomic mass is 9.66. The maximum Gasteiger partial charge on any atom is 0.332 e. The number of benzene rings is 1. The summed E-state index contributed by atoms with van der Waals surface area (Å²) in [5.41, 5.74) is 8.78. The molecule has 1 spiro atoms. The predicted molar refractivity (Wildman–Crippen MR) is 102 cm³/mol. The summed E-state index contributed by atoms with van der Waals surface area (Å²) in [5, 5.41) is 1.41. The van der Waals surface area contributed by atoms with E-state index in [4.69, 9.17) is 17.3 Å². The normalized spacial score (nSPS) is 18.9. The van der Waals surface area contributed by atoms with Crippen LogP contribution >= 0.6 is 22.9 Å². The van der Waals surface area contributed by atoms with Crippen LogP contribution in [-0.4, -0.2) is 5.78 Å². The number of hydrogen-bond acceptors (Lipinski definition) is 3. The molecule has 5 heteroatoms. The van der Waals surface area contributed by atoms with Gasteiger partial charge in [0.25, 0.3) is 0 Å². The predicted octanol–water partition coefficient (Wildman–Crippen LogP) is 4.59. The first kappa shape index (κ1) is 17.0. The zero-order valence-electron chi connectivity index (χ0n) is 14.4. The molecule has 0 amide bonds. The summed E-state index contributed by atoms with van der Waals surface area (Å²) in [4.78, 5) is 14.1. The first-order chi connectivity index (χ1) is 12.1. The number of Topliss-reactive ketones (excluding diaryl/α,β-unsaturated/α-hetero) is 1. The highest BCUT2D eigenvalue weighted by Gasteiger charge is 2.39. The van der Waals surface area contributed by atoms with Gasteiger partial charge < -0.3 is 0 Å². The second-order valence-corrected chi connectivity index (χ2v) is 9.12. The van der Waals surface area contributed by atoms with E-state index < -0.39 is 0 Å². The molecule has 1 aromatic heterocycles. The molecule has 0 saturated heterocycles. The quantitative estimate of drug-likeness (QED) is 0.629. The van der Waals surface area contributed by atoms with Crippen molar-refractivity contribution in [2.45, 2.75) is 57.9 Å². The zero-order chi connectivity index (χ0) is 17.4. The molecular formula is C20H24ClN2OS+. The Balaban J connectivity index is 1.56. The minimum Gasteiger partial charge on any atom is -0.290 e. The van der Waals surface area contributed by atoms with Crippen LogP contribution < -0.4 is 10.3 Å². The Labute approximate surface area is 157 Å². The smallest absolute Gasteiger partial charge is 0.290 e. The molecule has 0 bridgehead atoms. The topological polar surface area (TPSA) is 47.0 Å². The number of halogens is 1. The van der Waals surface area contributed by atoms with E-state index in [1.54, 1.807) is 35.6 Å². The second kappa shape index (κ2) is 6.73. The van der Waals surface area contributed by atoms with Gasteiger partial charge in [-0.05, 0) is 55.4 Å². The Bertz CT molecular complexity index is 791. The highest BCUT2D eigenvalue weighted by atomic mass is 35.5. The van der Waals surface area contributed by atoms with Crippen molar-refractivity contribution in [3.63, 3.8) is 0 Å². The third-order valence-electron chi connectivity index (χ3n) is 5.95. The fourth-order valence-electron chi connectivity index (χ4n) is 4.52. The number of thiazole rings is 1. The van der Waals surface area contributed by atoms with Gasteiger partial charge in [0.2, 0.25) is 5.78 Å². The summed E-state index contributed by atoms with van der Waals surface area (Å²) in [6.45, 7) is 0.326. The monoisotopic (exact) mass is 375 g/mol. The number of ketones is 1. The third kappa shape index (κ3) is 3.34. The number of rotatable bonds is 3. The number of fused-ring (bicyclic) bond motifs is 1. The van der Waals surface area contributed by atoms with Gasteiger partial charge in [0.1, 0.15) is 5.69 Å². The summed E-state index contributed by atoms with van der Waals surface area (Å²) in [6, 6.07) is 7.10. The molecule has 0 aliphatic heterocycles. The molecule has 1 fully saturated rings. The molecule has 2 aliphatic rings. The Morgan fingerprint density at radius 2 is 1.88 bits per heavy atom. The first-order valence-corrected chi connectivity index (χ1v) is 10.3. The van der Waals surface area contributed by atoms with Crippen molar-refractivity contribution < 1.29 is 9.36 Å². The minimum atomic E-state index is 0.0897. The van der Waals surface area contributed by atoms with E-state index in [1.807, 2.05) is 4.57 Å². The van der Waals surface area contributed by atoms with E-state index in [-0.39, 0.29) is 5.78 Å². The molecule has 3 nitrogen and oxygen atoms in total. The van der Waals surface area contributed by atoms with Gasteiger partial charge in [-0.1, -0.05) is 42.2 Å². The highest BCUT2D eigenvalue weighted by Crippen LogP contribution is 2.47. The maximum atomic E-state index is 12.6. The third-order valence-corrected chi connectivity index (χ3v) is 7.26. The van der Waals surface area contributed by atoms with Crippen LogP contribution in [0.4, 0.5) is 5.13 Å². The van der Waals surface area contributed by atoms with Crippen molar-refractivity contribution in [1.82, 2.24) is 0 Å². The lowest BCUT2D eigenvalue weighted by molar-refractivity contribution is -0.672. The lowest BCUT2D eigenvalue weighted by Gasteiger charge is -2.39. The lowest BCUT2D eigenvalue weighted by Crippen LogP contribution is -2.44. The van der Waals surface area contributed by atoms with Crippen LogP contribution in [0.3, 0.4) is 0 Å². The Morgan fingerprint density at radius 1 is 1.16 bits per heavy atom. The van der Waals surface area contributed by atoms with Crippen LogP contribution in [0.15, 0.2) is 24.3 Å². The molecule has 4 rings (SSSR count). The number of aromatic nitrogens is 1. The molecule has 1 aromatic carbocycles. The molecule has 1 heterocycles. The summed E-state index contributed by atoms with van der Waals surface area (Å²) in [5.74, 6) is 0.0897. The summed E-state index contributed by atoms with van der Waals surface area (Å²) >= 11 is 7.61. The van der Waals surface area contributed by atoms with Crippen molar-refractivity contribution in [1.29, 1.82) is 0 Å². The maximum absolute atomic E-state index is 12.6. The fraction of sp³-hybridized carbons (Fsp3) is 0.500. The molecule has 0 radical (unpaired) electrons. The van der Waals surface area contributed by atoms with Gasteiger partial charge in [-0.3, -0.25) is 10.5 Å². The van der Waals surface area contributed by atoms with E-state index in [1.165, 1.54) is 49.1 Å². The van der Waals surface area contributed by atoms with E-state index in [2.05, 4.69) is 0 Å². The van der Waals surface area contributed by atoms with Crippen molar-refractivity contribution in [2.75, 3.05) is 5.73 Å². The average molecular weight is 376 g/mol. The molecule has 132 valence electrons. The number of carbonyl (C=O) groups excluding carboxylic acids is 1. The Hall–Kier alpha value is -1.39. The SMILES string of the molecule is Nc1sc2c([n+]1CC(=O)c1ccc(Cl)cc1)CCC1(CCCCC1)C2. The van der Waals surface area contributed by atoms with Crippen LogP contribution in [0.1, 0.15) is 59.5 Å². The van der Waals surface area contributed by atoms with Crippen molar-refractivity contribution >= 4 is 33.9 Å². The molecule has 2 aromatic rings. The van der Waals surface area contributed by atoms with Crippen LogP contribution in [0, 0.1) is 5.41 Å². The van der Waals surface area contributed by atoms with Gasteiger partial charge in [0.05, 0.1) is 4.88 Å². The van der Waals surface area contributed by atoms with Crippen LogP contribution in [0.25, 0.3) is 0 Å². The molecule has 0 unspecified atom stereocenters. The van der Waals surface area contributed by atoms with E-state index in [9.17, 15) is 4.79 Å². The van der Waals surface area contributed by atoms with E-state index in [0.717, 1.165) is 18.0 Å². The van der Waals surface area contributed by atoms with Gasteiger partial charge in [-0.25, -0.2) is 4.57 Å². The van der Waals surface area contributed by atoms with Crippen LogP contribution in [-0.2, 0) is 19.4 Å². The van der Waals surface area contributed by atoms with Crippen LogP contribution in [0.5, 0.6) is 0 Å². The van der Waals surface area contributed by atoms with Gasteiger partial charge in [-0.2, -0.15) is 0 Å². The van der Waals surface area contributed by atoms with Crippen molar-refractivity contribution in [3.05, 3.63) is 45.4 Å². The Morgan fingerprint density at radius 3 is 2.60 bits per heavy atom. The van der Waals surface area contributed by atoms with E-state index >= 15 is 0 Å². The first-order valence-electron chi connectivity index (χ1n) is 9.15. The van der Waals surface area contributed by atoms with Crippen molar-refractivity contribution in [3.8, 4) is 0 Å². The summed E-state index contributed by atoms with van der Waals surface area (Å²) in [6.07, 6.45) is 10.3. The average Bonchev–Trinajstić information content (AvgIpc) is 2.90. The fourth-order valence-corrected chi connectivity index (χ4v) is 5.89. The zero-order valence-corrected chi connectivity index (χ0v) is 16.0. The standard InChI is InChI=1S/C20H23ClN2OS/c21-15-6-4-14(5-7-15)17(24)13-23-16-8-11-20(9-2-1-3-10-20)12-18(16)25-19(23)22/h4-7,22H,1-3,8-13H2/p+1. The number of nitrogens with two attached hydrogens (primary N) is 1. The van der Waals surface area contributed by atoms with Gasteiger partial charge in [0, 0.05) is 17.0 Å². The summed E-state index contributed by atoms with van der Waals surface area (Å²) in [7, 11) is 0. The van der Waals surface area contributed by atoms with Gasteiger partial charge in [0.15, 0.2) is 6.54 Å². The molecular weight excluding hydrogens is 352 g/mol. The molecule has 1 saturated carbocycles. The number of nitrogens with zero attached hydrogens (tertiary/aromatic N) is 1. The molecule has 2 aliphatic carbocycles. The van der Waals surface area contributed by atoms with Gasteiger partial charge >= 0.3 is 5.13 Å². The number of carbonyl (C=O) groups is 1. The van der Waals surface area contributed by atoms with E-state index in [0.29, 0.717) is 22.5 Å². The molecule has 2 N–H and O–H groups in total. The molecule has 25 heavy (non-hydrogen) atoms. The number of nitrogen functional groups attached to an aromatic ring is 1. The Kier molecular flexibility index (Phi) is 4.59. The van der Waals surface area contributed by atoms with Crippen molar-refractivity contribution in [2.24, 2.45) is 5.41 Å². The van der Waals surface area contributed by atoms with Gasteiger partial charge in [-0.15, -0.1) is 0 Å². The largest absolute Gasteiger partial charge is 0.332 e. The highest BCUT2D eigenvalue weighted by molar-refractivity contribution is 7.15. The second-order valence-electron chi connectivity index (χ2n) is 7.56. The summed E-state index contributed by atoms with van der Waals surface area (Å²) < 4.78 is 2.05. The molecule has 0 atom stereocenters. The number of anilines is 1. The van der Waals surface area contributed by atoms with Crippen LogP contribution in [0.2, 0.25) is 5.02 Å². The minimum absolute atomic E-state index is 0.0897.